The van der Waals surface area contributed by atoms with Gasteiger partial charge in [-0.15, -0.1) is 0 Å². The summed E-state index contributed by atoms with van der Waals surface area (Å²) in [4.78, 5) is 26.3. The molecule has 0 radical (unpaired) electrons. The zero-order valence-electron chi connectivity index (χ0n) is 17.0. The highest BCUT2D eigenvalue weighted by Crippen LogP contribution is 2.25. The van der Waals surface area contributed by atoms with Gasteiger partial charge in [0, 0.05) is 0 Å². The van der Waals surface area contributed by atoms with Crippen LogP contribution in [0.2, 0.25) is 0 Å². The van der Waals surface area contributed by atoms with Gasteiger partial charge in [0.1, 0.15) is 23.3 Å². The first-order valence-corrected chi connectivity index (χ1v) is 9.58. The number of aryl methyl sites for hydroxylation is 1. The maximum absolute atomic E-state index is 13.5. The van der Waals surface area contributed by atoms with Gasteiger partial charge in [-0.05, 0) is 37.6 Å². The number of nitrogens with one attached hydrogen (secondary N) is 1. The lowest BCUT2D eigenvalue weighted by molar-refractivity contribution is 0.730. The van der Waals surface area contributed by atoms with Gasteiger partial charge in [0.2, 0.25) is 5.95 Å². The average Bonchev–Trinajstić information content (AvgIpc) is 2.74. The molecule has 4 aromatic rings. The van der Waals surface area contributed by atoms with Crippen molar-refractivity contribution in [1.29, 1.82) is 5.26 Å². The number of nitrogens with two attached hydrogens (primary N) is 2. The third kappa shape index (κ3) is 3.51. The van der Waals surface area contributed by atoms with Gasteiger partial charge in [-0.1, -0.05) is 30.3 Å². The van der Waals surface area contributed by atoms with Crippen LogP contribution in [-0.4, -0.2) is 19.5 Å². The van der Waals surface area contributed by atoms with Crippen molar-refractivity contribution in [2.45, 2.75) is 19.9 Å². The van der Waals surface area contributed by atoms with E-state index < -0.39 is 6.04 Å². The molecule has 0 aliphatic heterocycles. The predicted octanol–water partition coefficient (Wildman–Crippen LogP) is 2.69. The van der Waals surface area contributed by atoms with Crippen molar-refractivity contribution in [1.82, 2.24) is 19.5 Å². The minimum atomic E-state index is -0.515. The summed E-state index contributed by atoms with van der Waals surface area (Å²) in [6.45, 7) is 3.70. The molecule has 9 nitrogen and oxygen atoms in total. The fraction of sp³-hybridized carbons (Fsp3) is 0.136. The lowest BCUT2D eigenvalue weighted by Gasteiger charge is -2.21. The number of hydrogen-bond donors (Lipinski definition) is 3. The minimum Gasteiger partial charge on any atom is -0.382 e. The second kappa shape index (κ2) is 7.76. The molecule has 4 rings (SSSR count). The molecule has 2 aromatic carbocycles. The topological polar surface area (TPSA) is 149 Å². The summed E-state index contributed by atoms with van der Waals surface area (Å²) in [5, 5.41) is 13.1. The van der Waals surface area contributed by atoms with Crippen molar-refractivity contribution in [2.24, 2.45) is 0 Å². The van der Waals surface area contributed by atoms with Gasteiger partial charge in [0.15, 0.2) is 5.82 Å². The van der Waals surface area contributed by atoms with Crippen LogP contribution in [-0.2, 0) is 0 Å². The molecule has 0 saturated carbocycles. The Morgan fingerprint density at radius 2 is 1.81 bits per heavy atom. The summed E-state index contributed by atoms with van der Waals surface area (Å²) in [5.41, 5.74) is 13.5. The molecule has 0 aliphatic rings. The molecule has 1 atom stereocenters. The van der Waals surface area contributed by atoms with Gasteiger partial charge in [0.05, 0.1) is 22.6 Å². The van der Waals surface area contributed by atoms with Crippen LogP contribution >= 0.6 is 0 Å². The first kappa shape index (κ1) is 19.8. The molecule has 154 valence electrons. The highest BCUT2D eigenvalue weighted by molar-refractivity contribution is 5.81. The molecular formula is C22H20N8O. The Balaban J connectivity index is 1.94. The van der Waals surface area contributed by atoms with Gasteiger partial charge in [-0.2, -0.15) is 15.2 Å². The van der Waals surface area contributed by atoms with Crippen LogP contribution < -0.4 is 22.3 Å². The maximum atomic E-state index is 13.5. The van der Waals surface area contributed by atoms with E-state index >= 15 is 0 Å². The summed E-state index contributed by atoms with van der Waals surface area (Å²) in [7, 11) is 0. The van der Waals surface area contributed by atoms with Crippen LogP contribution in [0, 0.1) is 18.3 Å². The predicted molar refractivity (Wildman–Crippen MR) is 120 cm³/mol. The quantitative estimate of drug-likeness (QED) is 0.463. The van der Waals surface area contributed by atoms with Gasteiger partial charge in [0.25, 0.3) is 5.56 Å². The van der Waals surface area contributed by atoms with Crippen LogP contribution in [0.25, 0.3) is 16.6 Å². The smallest absolute Gasteiger partial charge is 0.266 e. The van der Waals surface area contributed by atoms with Crippen LogP contribution in [0.5, 0.6) is 0 Å². The van der Waals surface area contributed by atoms with Gasteiger partial charge < -0.3 is 16.8 Å². The zero-order chi connectivity index (χ0) is 22.1. The summed E-state index contributed by atoms with van der Waals surface area (Å²) >= 11 is 0. The monoisotopic (exact) mass is 412 g/mol. The van der Waals surface area contributed by atoms with E-state index in [0.29, 0.717) is 22.4 Å². The van der Waals surface area contributed by atoms with E-state index in [1.165, 1.54) is 0 Å². The van der Waals surface area contributed by atoms with E-state index in [9.17, 15) is 10.1 Å². The Morgan fingerprint density at radius 3 is 2.52 bits per heavy atom. The molecule has 0 fully saturated rings. The van der Waals surface area contributed by atoms with Crippen LogP contribution in [0.15, 0.2) is 53.3 Å². The lowest BCUT2D eigenvalue weighted by Crippen LogP contribution is -2.28. The average molecular weight is 412 g/mol. The summed E-state index contributed by atoms with van der Waals surface area (Å²) in [6.07, 6.45) is 0. The number of nitrogen functional groups attached to an aromatic ring is 2. The van der Waals surface area contributed by atoms with Crippen LogP contribution in [0.1, 0.15) is 29.9 Å². The Hall–Kier alpha value is -4.45. The molecule has 31 heavy (non-hydrogen) atoms. The fourth-order valence-electron chi connectivity index (χ4n) is 3.51. The number of anilines is 3. The molecule has 0 aliphatic carbocycles. The van der Waals surface area contributed by atoms with Crippen molar-refractivity contribution in [3.05, 3.63) is 75.8 Å². The van der Waals surface area contributed by atoms with E-state index in [1.807, 2.05) is 62.4 Å². The summed E-state index contributed by atoms with van der Waals surface area (Å²) < 4.78 is 1.56. The number of aromatic nitrogens is 4. The fourth-order valence-corrected chi connectivity index (χ4v) is 3.51. The number of hydrogen-bond acceptors (Lipinski definition) is 8. The zero-order valence-corrected chi connectivity index (χ0v) is 17.0. The molecule has 0 spiro atoms. The summed E-state index contributed by atoms with van der Waals surface area (Å²) in [6, 6.07) is 16.3. The lowest BCUT2D eigenvalue weighted by atomic mass is 10.1. The molecule has 0 bridgehead atoms. The standard InChI is InChI=1S/C22H20N8O/c1-12-7-6-10-16-17(12)21(31)30(14-8-4-3-5-9-14)20(27-16)13(2)26-19-15(11-23)18(24)28-22(25)29-19/h3-10,13H,1-2H3,(H5,24,25,26,28,29). The molecule has 2 heterocycles. The molecule has 2 aromatic heterocycles. The van der Waals surface area contributed by atoms with Gasteiger partial charge in [-0.25, -0.2) is 4.98 Å². The second-order valence-corrected chi connectivity index (χ2v) is 7.08. The number of para-hydroxylation sites is 1. The number of nitrogens with zero attached hydrogens (tertiary/aromatic N) is 5. The van der Waals surface area contributed by atoms with Crippen LogP contribution in [0.3, 0.4) is 0 Å². The summed E-state index contributed by atoms with van der Waals surface area (Å²) in [5.74, 6) is 0.549. The number of nitriles is 1. The Labute approximate surface area is 178 Å². The van der Waals surface area contributed by atoms with E-state index in [-0.39, 0.29) is 28.7 Å². The Kier molecular flexibility index (Phi) is 4.97. The maximum Gasteiger partial charge on any atom is 0.266 e. The molecular weight excluding hydrogens is 392 g/mol. The molecule has 1 unspecified atom stereocenters. The van der Waals surface area contributed by atoms with Crippen molar-refractivity contribution < 1.29 is 0 Å². The van der Waals surface area contributed by atoms with Gasteiger partial charge >= 0.3 is 0 Å². The molecule has 0 saturated heterocycles. The number of benzene rings is 2. The van der Waals surface area contributed by atoms with E-state index in [1.54, 1.807) is 10.6 Å². The number of rotatable bonds is 4. The first-order chi connectivity index (χ1) is 14.9. The highest BCUT2D eigenvalue weighted by atomic mass is 16.1. The molecule has 9 heteroatoms. The van der Waals surface area contributed by atoms with Crippen molar-refractivity contribution >= 4 is 28.5 Å². The van der Waals surface area contributed by atoms with Crippen molar-refractivity contribution in [3.63, 3.8) is 0 Å². The molecule has 5 N–H and O–H groups in total. The second-order valence-electron chi connectivity index (χ2n) is 7.08. The van der Waals surface area contributed by atoms with Gasteiger partial charge in [-0.3, -0.25) is 9.36 Å². The van der Waals surface area contributed by atoms with Crippen LogP contribution in [0.4, 0.5) is 17.6 Å². The van der Waals surface area contributed by atoms with Crippen molar-refractivity contribution in [2.75, 3.05) is 16.8 Å². The van der Waals surface area contributed by atoms with E-state index in [4.69, 9.17) is 16.5 Å². The third-order valence-corrected chi connectivity index (χ3v) is 4.95. The largest absolute Gasteiger partial charge is 0.382 e. The third-order valence-electron chi connectivity index (χ3n) is 4.95. The normalized spacial score (nSPS) is 11.8. The highest BCUT2D eigenvalue weighted by Gasteiger charge is 2.21. The van der Waals surface area contributed by atoms with Crippen molar-refractivity contribution in [3.8, 4) is 11.8 Å². The first-order valence-electron chi connectivity index (χ1n) is 9.58. The van der Waals surface area contributed by atoms with E-state index in [2.05, 4.69) is 15.3 Å². The Bertz CT molecular complexity index is 1390. The Morgan fingerprint density at radius 1 is 1.06 bits per heavy atom. The minimum absolute atomic E-state index is 0.0211. The van der Waals surface area contributed by atoms with E-state index in [0.717, 1.165) is 5.56 Å². The number of fused-ring (bicyclic) bond motifs is 1. The molecule has 0 amide bonds. The SMILES string of the molecule is Cc1cccc2nc(C(C)Nc3nc(N)nc(N)c3C#N)n(-c3ccccc3)c(=O)c12.